The van der Waals surface area contributed by atoms with Crippen LogP contribution < -0.4 is 10.6 Å². The second kappa shape index (κ2) is 7.84. The van der Waals surface area contributed by atoms with Gasteiger partial charge in [-0.2, -0.15) is 0 Å². The van der Waals surface area contributed by atoms with E-state index < -0.39 is 18.2 Å². The van der Waals surface area contributed by atoms with E-state index in [9.17, 15) is 19.5 Å². The number of likely N-dealkylation sites (tertiary alicyclic amines) is 1. The smallest absolute Gasteiger partial charge is 0.253 e. The number of ether oxygens (including phenoxy) is 1. The van der Waals surface area contributed by atoms with Crippen LogP contribution in [-0.4, -0.2) is 59.1 Å². The summed E-state index contributed by atoms with van der Waals surface area (Å²) >= 11 is 0. The van der Waals surface area contributed by atoms with Crippen molar-refractivity contribution >= 4 is 29.1 Å². The van der Waals surface area contributed by atoms with Gasteiger partial charge in [-0.1, -0.05) is 0 Å². The number of nitrogens with one attached hydrogen (secondary N) is 2. The van der Waals surface area contributed by atoms with Crippen molar-refractivity contribution in [3.8, 4) is 0 Å². The normalized spacial score (nSPS) is 25.2. The first-order valence-corrected chi connectivity index (χ1v) is 8.72. The van der Waals surface area contributed by atoms with Gasteiger partial charge in [-0.3, -0.25) is 14.4 Å². The molecular formula is C18H23N3O5. The summed E-state index contributed by atoms with van der Waals surface area (Å²) in [7, 11) is 0. The molecular weight excluding hydrogens is 338 g/mol. The Hall–Kier alpha value is -2.45. The molecule has 3 rings (SSSR count). The molecule has 2 aliphatic rings. The minimum Gasteiger partial charge on any atom is -0.391 e. The standard InChI is InChI=1S/C18H23N3O5/c1-11(22)21-10-14(23)9-15(21)17(24)19-12-4-6-13(7-5-12)20-18(25)16-3-2-8-26-16/h4-7,14-16,23H,2-3,8-10H2,1H3,(H,19,24)(H,20,25)/t14-,15+,16?/m0/s1. The highest BCUT2D eigenvalue weighted by Crippen LogP contribution is 2.21. The zero-order valence-electron chi connectivity index (χ0n) is 14.6. The van der Waals surface area contributed by atoms with E-state index in [1.165, 1.54) is 11.8 Å². The minimum absolute atomic E-state index is 0.168. The summed E-state index contributed by atoms with van der Waals surface area (Å²) in [5, 5.41) is 15.2. The SMILES string of the molecule is CC(=O)N1C[C@@H](O)C[C@@H]1C(=O)Nc1ccc(NC(=O)C2CCCO2)cc1. The third kappa shape index (κ3) is 4.20. The summed E-state index contributed by atoms with van der Waals surface area (Å²) in [4.78, 5) is 37.4. The third-order valence-corrected chi connectivity index (χ3v) is 4.63. The molecule has 0 aromatic heterocycles. The highest BCUT2D eigenvalue weighted by Gasteiger charge is 2.37. The molecule has 0 saturated carbocycles. The van der Waals surface area contributed by atoms with E-state index in [1.807, 2.05) is 0 Å². The van der Waals surface area contributed by atoms with Crippen molar-refractivity contribution in [3.05, 3.63) is 24.3 Å². The number of nitrogens with zero attached hydrogens (tertiary/aromatic N) is 1. The fourth-order valence-corrected chi connectivity index (χ4v) is 3.28. The fraction of sp³-hybridized carbons (Fsp3) is 0.500. The van der Waals surface area contributed by atoms with Gasteiger partial charge in [0, 0.05) is 37.9 Å². The molecule has 8 heteroatoms. The molecule has 0 spiro atoms. The first kappa shape index (κ1) is 18.3. The van der Waals surface area contributed by atoms with Crippen molar-refractivity contribution < 1.29 is 24.2 Å². The molecule has 0 aliphatic carbocycles. The van der Waals surface area contributed by atoms with Gasteiger partial charge in [-0.25, -0.2) is 0 Å². The second-order valence-electron chi connectivity index (χ2n) is 6.63. The van der Waals surface area contributed by atoms with Crippen LogP contribution in [0.5, 0.6) is 0 Å². The third-order valence-electron chi connectivity index (χ3n) is 4.63. The Kier molecular flexibility index (Phi) is 5.53. The van der Waals surface area contributed by atoms with Crippen molar-refractivity contribution in [2.45, 2.75) is 44.4 Å². The Bertz CT molecular complexity index is 685. The molecule has 26 heavy (non-hydrogen) atoms. The number of β-amino-alcohol motifs (C(OH)–C–C–N with tert-alkyl or cyclic N) is 1. The molecule has 1 aromatic carbocycles. The van der Waals surface area contributed by atoms with Gasteiger partial charge in [-0.15, -0.1) is 0 Å². The number of amides is 3. The number of carbonyl (C=O) groups is 3. The average Bonchev–Trinajstić information content (AvgIpc) is 3.26. The molecule has 0 radical (unpaired) electrons. The van der Waals surface area contributed by atoms with Crippen LogP contribution in [0, 0.1) is 0 Å². The molecule has 3 amide bonds. The van der Waals surface area contributed by atoms with Crippen molar-refractivity contribution in [2.24, 2.45) is 0 Å². The summed E-state index contributed by atoms with van der Waals surface area (Å²) in [6, 6.07) is 6.05. The van der Waals surface area contributed by atoms with Gasteiger partial charge >= 0.3 is 0 Å². The number of benzene rings is 1. The molecule has 2 heterocycles. The highest BCUT2D eigenvalue weighted by molar-refractivity contribution is 5.98. The maximum Gasteiger partial charge on any atom is 0.253 e. The second-order valence-corrected chi connectivity index (χ2v) is 6.63. The largest absolute Gasteiger partial charge is 0.391 e. The van der Waals surface area contributed by atoms with Gasteiger partial charge in [0.15, 0.2) is 0 Å². The van der Waals surface area contributed by atoms with Crippen LogP contribution in [0.3, 0.4) is 0 Å². The zero-order valence-corrected chi connectivity index (χ0v) is 14.6. The van der Waals surface area contributed by atoms with Crippen LogP contribution in [0.2, 0.25) is 0 Å². The first-order valence-electron chi connectivity index (χ1n) is 8.72. The molecule has 8 nitrogen and oxygen atoms in total. The predicted octanol–water partition coefficient (Wildman–Crippen LogP) is 0.724. The zero-order chi connectivity index (χ0) is 18.7. The van der Waals surface area contributed by atoms with Crippen LogP contribution in [0.15, 0.2) is 24.3 Å². The van der Waals surface area contributed by atoms with Crippen molar-refractivity contribution in [1.82, 2.24) is 4.90 Å². The van der Waals surface area contributed by atoms with Crippen molar-refractivity contribution in [1.29, 1.82) is 0 Å². The average molecular weight is 361 g/mol. The van der Waals surface area contributed by atoms with Crippen LogP contribution in [0.25, 0.3) is 0 Å². The van der Waals surface area contributed by atoms with E-state index in [0.717, 1.165) is 12.8 Å². The Morgan fingerprint density at radius 1 is 1.12 bits per heavy atom. The van der Waals surface area contributed by atoms with E-state index in [-0.39, 0.29) is 30.7 Å². The van der Waals surface area contributed by atoms with E-state index in [0.29, 0.717) is 18.0 Å². The van der Waals surface area contributed by atoms with E-state index in [1.54, 1.807) is 24.3 Å². The van der Waals surface area contributed by atoms with Crippen LogP contribution >= 0.6 is 0 Å². The first-order chi connectivity index (χ1) is 12.4. The van der Waals surface area contributed by atoms with Gasteiger partial charge in [0.25, 0.3) is 5.91 Å². The molecule has 1 unspecified atom stereocenters. The lowest BCUT2D eigenvalue weighted by Crippen LogP contribution is -2.42. The highest BCUT2D eigenvalue weighted by atomic mass is 16.5. The Balaban J connectivity index is 1.57. The van der Waals surface area contributed by atoms with Gasteiger partial charge in [0.1, 0.15) is 12.1 Å². The van der Waals surface area contributed by atoms with Crippen LogP contribution in [0.1, 0.15) is 26.2 Å². The van der Waals surface area contributed by atoms with Crippen LogP contribution in [0.4, 0.5) is 11.4 Å². The lowest BCUT2D eigenvalue weighted by molar-refractivity contribution is -0.134. The molecule has 3 atom stereocenters. The quantitative estimate of drug-likeness (QED) is 0.733. The monoisotopic (exact) mass is 361 g/mol. The predicted molar refractivity (Wildman–Crippen MR) is 94.5 cm³/mol. The lowest BCUT2D eigenvalue weighted by Gasteiger charge is -2.22. The van der Waals surface area contributed by atoms with Crippen molar-refractivity contribution in [3.63, 3.8) is 0 Å². The van der Waals surface area contributed by atoms with Gasteiger partial charge < -0.3 is 25.4 Å². The molecule has 1 aromatic rings. The minimum atomic E-state index is -0.690. The molecule has 2 fully saturated rings. The number of hydrogen-bond acceptors (Lipinski definition) is 5. The summed E-state index contributed by atoms with van der Waals surface area (Å²) < 4.78 is 5.34. The fourth-order valence-electron chi connectivity index (χ4n) is 3.28. The summed E-state index contributed by atoms with van der Waals surface area (Å²) in [5.74, 6) is -0.752. The van der Waals surface area contributed by atoms with Crippen LogP contribution in [-0.2, 0) is 19.1 Å². The molecule has 2 aliphatic heterocycles. The molecule has 140 valence electrons. The van der Waals surface area contributed by atoms with E-state index >= 15 is 0 Å². The maximum absolute atomic E-state index is 12.4. The van der Waals surface area contributed by atoms with Gasteiger partial charge in [-0.05, 0) is 37.1 Å². The Labute approximate surface area is 151 Å². The molecule has 3 N–H and O–H groups in total. The topological polar surface area (TPSA) is 108 Å². The number of carbonyl (C=O) groups excluding carboxylic acids is 3. The Morgan fingerprint density at radius 3 is 2.27 bits per heavy atom. The van der Waals surface area contributed by atoms with E-state index in [4.69, 9.17) is 4.74 Å². The number of anilines is 2. The van der Waals surface area contributed by atoms with Crippen molar-refractivity contribution in [2.75, 3.05) is 23.8 Å². The summed E-state index contributed by atoms with van der Waals surface area (Å²) in [5.41, 5.74) is 1.17. The number of hydrogen-bond donors (Lipinski definition) is 3. The number of aliphatic hydroxyl groups is 1. The molecule has 2 saturated heterocycles. The maximum atomic E-state index is 12.4. The van der Waals surface area contributed by atoms with E-state index in [2.05, 4.69) is 10.6 Å². The number of rotatable bonds is 4. The number of aliphatic hydroxyl groups excluding tert-OH is 1. The lowest BCUT2D eigenvalue weighted by atomic mass is 10.1. The van der Waals surface area contributed by atoms with Gasteiger partial charge in [0.05, 0.1) is 6.10 Å². The summed E-state index contributed by atoms with van der Waals surface area (Å²) in [6.07, 6.45) is 0.738. The summed E-state index contributed by atoms with van der Waals surface area (Å²) in [6.45, 7) is 2.15. The Morgan fingerprint density at radius 2 is 1.73 bits per heavy atom. The van der Waals surface area contributed by atoms with Gasteiger partial charge in [0.2, 0.25) is 11.8 Å². The molecule has 0 bridgehead atoms.